The van der Waals surface area contributed by atoms with Crippen molar-refractivity contribution in [2.75, 3.05) is 0 Å². The molecule has 0 unspecified atom stereocenters. The summed E-state index contributed by atoms with van der Waals surface area (Å²) in [5.41, 5.74) is 5.99. The van der Waals surface area contributed by atoms with E-state index in [2.05, 4.69) is 15.0 Å². The van der Waals surface area contributed by atoms with Crippen LogP contribution >= 0.6 is 22.9 Å². The summed E-state index contributed by atoms with van der Waals surface area (Å²) in [4.78, 5) is 32.6. The fourth-order valence-corrected chi connectivity index (χ4v) is 3.03. The van der Waals surface area contributed by atoms with E-state index in [9.17, 15) is 14.0 Å². The molecule has 0 aliphatic carbocycles. The molecule has 0 saturated carbocycles. The highest BCUT2D eigenvalue weighted by Crippen LogP contribution is 2.24. The van der Waals surface area contributed by atoms with Crippen LogP contribution in [0.5, 0.6) is 0 Å². The number of primary amides is 1. The van der Waals surface area contributed by atoms with Gasteiger partial charge in [-0.15, -0.1) is 11.3 Å². The Bertz CT molecular complexity index is 1030. The van der Waals surface area contributed by atoms with Gasteiger partial charge in [0, 0.05) is 16.0 Å². The number of nitrogens with two attached hydrogens (primary N) is 1. The number of nitrogens with zero attached hydrogens (tertiary/aromatic N) is 2. The number of aromatic nitrogens is 1. The third-order valence-electron chi connectivity index (χ3n) is 3.39. The predicted molar refractivity (Wildman–Crippen MR) is 100 cm³/mol. The van der Waals surface area contributed by atoms with Crippen molar-refractivity contribution in [2.24, 2.45) is 10.9 Å². The fraction of sp³-hybridized carbons (Fsp3) is 0. The maximum Gasteiger partial charge on any atom is 0.368 e. The molecule has 1 heterocycles. The molecule has 1 aromatic heterocycles. The number of halogens is 2. The van der Waals surface area contributed by atoms with Crippen molar-refractivity contribution in [3.63, 3.8) is 0 Å². The fourth-order valence-electron chi connectivity index (χ4n) is 2.09. The highest BCUT2D eigenvalue weighted by atomic mass is 35.5. The number of carbonyl (C=O) groups excluding carboxylic acids is 2. The second-order valence-corrected chi connectivity index (χ2v) is 6.50. The standard InChI is InChI=1S/C18H11ClFN3O3S/c19-11-7-5-10(6-8-11)14-9-27-17(22-14)15(16(21)24)23-26-18(25)12-3-1-2-4-13(12)20/h1-9H,(H2,21,24)/b23-15+. The van der Waals surface area contributed by atoms with Crippen molar-refractivity contribution in [3.05, 3.63) is 75.3 Å². The van der Waals surface area contributed by atoms with E-state index in [1.165, 1.54) is 18.2 Å². The van der Waals surface area contributed by atoms with Gasteiger partial charge in [-0.3, -0.25) is 4.79 Å². The van der Waals surface area contributed by atoms with Crippen LogP contribution in [0.25, 0.3) is 11.3 Å². The normalized spacial score (nSPS) is 11.3. The maximum atomic E-state index is 13.6. The van der Waals surface area contributed by atoms with Crippen LogP contribution in [-0.2, 0) is 9.63 Å². The van der Waals surface area contributed by atoms with Crippen LogP contribution in [0.2, 0.25) is 5.02 Å². The van der Waals surface area contributed by atoms with Crippen molar-refractivity contribution in [3.8, 4) is 11.3 Å². The van der Waals surface area contributed by atoms with Gasteiger partial charge in [0.1, 0.15) is 5.82 Å². The number of hydrogen-bond donors (Lipinski definition) is 1. The molecule has 2 N–H and O–H groups in total. The minimum absolute atomic E-state index is 0.161. The Morgan fingerprint density at radius 3 is 2.52 bits per heavy atom. The number of thiazole rings is 1. The minimum atomic E-state index is -1.05. The van der Waals surface area contributed by atoms with Crippen molar-refractivity contribution in [2.45, 2.75) is 0 Å². The number of hydrogen-bond acceptors (Lipinski definition) is 6. The van der Waals surface area contributed by atoms with Gasteiger partial charge in [0.2, 0.25) is 5.71 Å². The molecule has 0 bridgehead atoms. The summed E-state index contributed by atoms with van der Waals surface area (Å²) in [7, 11) is 0. The summed E-state index contributed by atoms with van der Waals surface area (Å²) < 4.78 is 13.6. The van der Waals surface area contributed by atoms with Crippen LogP contribution in [-0.4, -0.2) is 22.6 Å². The molecule has 2 aromatic carbocycles. The highest BCUT2D eigenvalue weighted by Gasteiger charge is 2.19. The third-order valence-corrected chi connectivity index (χ3v) is 4.49. The Morgan fingerprint density at radius 2 is 1.85 bits per heavy atom. The lowest BCUT2D eigenvalue weighted by atomic mass is 10.2. The second-order valence-electron chi connectivity index (χ2n) is 5.21. The molecule has 0 radical (unpaired) electrons. The zero-order chi connectivity index (χ0) is 19.4. The lowest BCUT2D eigenvalue weighted by Gasteiger charge is -2.01. The molecule has 3 rings (SSSR count). The van der Waals surface area contributed by atoms with Gasteiger partial charge in [0.15, 0.2) is 5.01 Å². The molecule has 1 amide bonds. The molecule has 9 heteroatoms. The summed E-state index contributed by atoms with van der Waals surface area (Å²) in [6, 6.07) is 12.2. The van der Waals surface area contributed by atoms with Gasteiger partial charge in [0.05, 0.1) is 11.3 Å². The summed E-state index contributed by atoms with van der Waals surface area (Å²) >= 11 is 6.95. The molecule has 0 aliphatic rings. The Morgan fingerprint density at radius 1 is 1.15 bits per heavy atom. The SMILES string of the molecule is NC(=O)/C(=N\OC(=O)c1ccccc1F)c1nc(-c2ccc(Cl)cc2)cs1. The number of oxime groups is 1. The Kier molecular flexibility index (Phi) is 5.58. The molecule has 3 aromatic rings. The Balaban J connectivity index is 1.85. The number of amides is 1. The Hall–Kier alpha value is -3.10. The van der Waals surface area contributed by atoms with E-state index < -0.39 is 17.7 Å². The summed E-state index contributed by atoms with van der Waals surface area (Å²) in [5.74, 6) is -2.76. The monoisotopic (exact) mass is 403 g/mol. The van der Waals surface area contributed by atoms with E-state index in [-0.39, 0.29) is 16.3 Å². The number of rotatable bonds is 5. The number of benzene rings is 2. The van der Waals surface area contributed by atoms with Gasteiger partial charge in [-0.2, -0.15) is 0 Å². The summed E-state index contributed by atoms with van der Waals surface area (Å²) in [6.45, 7) is 0. The van der Waals surface area contributed by atoms with Gasteiger partial charge in [-0.25, -0.2) is 14.2 Å². The lowest BCUT2D eigenvalue weighted by molar-refractivity contribution is -0.112. The maximum absolute atomic E-state index is 13.6. The van der Waals surface area contributed by atoms with Crippen molar-refractivity contribution >= 4 is 40.5 Å². The first-order chi connectivity index (χ1) is 13.0. The van der Waals surface area contributed by atoms with Gasteiger partial charge in [0.25, 0.3) is 5.91 Å². The first-order valence-corrected chi connectivity index (χ1v) is 8.77. The van der Waals surface area contributed by atoms with Crippen molar-refractivity contribution in [1.29, 1.82) is 0 Å². The molecule has 0 saturated heterocycles. The van der Waals surface area contributed by atoms with E-state index in [4.69, 9.17) is 17.3 Å². The smallest absolute Gasteiger partial charge is 0.364 e. The molecule has 27 heavy (non-hydrogen) atoms. The van der Waals surface area contributed by atoms with E-state index in [1.807, 2.05) is 0 Å². The van der Waals surface area contributed by atoms with E-state index >= 15 is 0 Å². The van der Waals surface area contributed by atoms with Crippen LogP contribution in [0.4, 0.5) is 4.39 Å². The summed E-state index contributed by atoms with van der Waals surface area (Å²) in [5, 5.41) is 5.91. The van der Waals surface area contributed by atoms with Crippen molar-refractivity contribution < 1.29 is 18.8 Å². The predicted octanol–water partition coefficient (Wildman–Crippen LogP) is 3.65. The highest BCUT2D eigenvalue weighted by molar-refractivity contribution is 7.13. The quantitative estimate of drug-likeness (QED) is 0.399. The summed E-state index contributed by atoms with van der Waals surface area (Å²) in [6.07, 6.45) is 0. The lowest BCUT2D eigenvalue weighted by Crippen LogP contribution is -2.25. The van der Waals surface area contributed by atoms with E-state index in [0.717, 1.165) is 23.0 Å². The zero-order valence-corrected chi connectivity index (χ0v) is 15.1. The third kappa shape index (κ3) is 4.36. The number of carbonyl (C=O) groups is 2. The largest absolute Gasteiger partial charge is 0.368 e. The molecule has 6 nitrogen and oxygen atoms in total. The molecule has 0 aliphatic heterocycles. The molecule has 0 fully saturated rings. The average Bonchev–Trinajstić information content (AvgIpc) is 3.12. The molecule has 0 spiro atoms. The molecule has 0 atom stereocenters. The average molecular weight is 404 g/mol. The van der Waals surface area contributed by atoms with Gasteiger partial charge in [-0.05, 0) is 24.3 Å². The van der Waals surface area contributed by atoms with Gasteiger partial charge < -0.3 is 10.6 Å². The first-order valence-electron chi connectivity index (χ1n) is 7.51. The van der Waals surface area contributed by atoms with Crippen LogP contribution in [0, 0.1) is 5.82 Å². The van der Waals surface area contributed by atoms with Crippen molar-refractivity contribution in [1.82, 2.24) is 4.98 Å². The van der Waals surface area contributed by atoms with Crippen LogP contribution in [0.3, 0.4) is 0 Å². The van der Waals surface area contributed by atoms with Crippen LogP contribution in [0.1, 0.15) is 15.4 Å². The van der Waals surface area contributed by atoms with Gasteiger partial charge >= 0.3 is 5.97 Å². The first kappa shape index (κ1) is 18.7. The zero-order valence-electron chi connectivity index (χ0n) is 13.6. The van der Waals surface area contributed by atoms with Crippen LogP contribution < -0.4 is 5.73 Å². The topological polar surface area (TPSA) is 94.6 Å². The van der Waals surface area contributed by atoms with E-state index in [1.54, 1.807) is 29.6 Å². The van der Waals surface area contributed by atoms with E-state index in [0.29, 0.717) is 10.7 Å². The minimum Gasteiger partial charge on any atom is -0.364 e. The van der Waals surface area contributed by atoms with Crippen LogP contribution in [0.15, 0.2) is 59.1 Å². The Labute approximate surface area is 162 Å². The molecular formula is C18H11ClFN3O3S. The van der Waals surface area contributed by atoms with Gasteiger partial charge in [-0.1, -0.05) is 41.0 Å². The molecular weight excluding hydrogens is 393 g/mol. The molecule has 136 valence electrons. The second kappa shape index (κ2) is 8.07.